The van der Waals surface area contributed by atoms with Gasteiger partial charge in [0.15, 0.2) is 0 Å². The van der Waals surface area contributed by atoms with Crippen LogP contribution in [0.25, 0.3) is 0 Å². The van der Waals surface area contributed by atoms with E-state index in [0.29, 0.717) is 19.0 Å². The predicted molar refractivity (Wildman–Crippen MR) is 183 cm³/mol. The molecule has 0 aliphatic rings. The molecule has 0 saturated heterocycles. The van der Waals surface area contributed by atoms with Gasteiger partial charge in [-0.15, -0.1) is 0 Å². The molecule has 0 aromatic heterocycles. The van der Waals surface area contributed by atoms with Crippen LogP contribution >= 0.6 is 7.60 Å². The Bertz CT molecular complexity index is 843. The molecule has 4 nitrogen and oxygen atoms in total. The highest BCUT2D eigenvalue weighted by Crippen LogP contribution is 2.53. The van der Waals surface area contributed by atoms with Crippen LogP contribution in [0.2, 0.25) is 0 Å². The second-order valence-electron chi connectivity index (χ2n) is 13.7. The van der Waals surface area contributed by atoms with Crippen molar-refractivity contribution in [3.05, 3.63) is 28.3 Å². The molecule has 1 N–H and O–H groups in total. The molecule has 0 unspecified atom stereocenters. The molecule has 0 fully saturated rings. The number of rotatable bonds is 26. The molecular formula is C37H69O4P. The molecule has 0 saturated carbocycles. The first kappa shape index (κ1) is 39.2. The van der Waals surface area contributed by atoms with E-state index in [2.05, 4.69) is 34.6 Å². The Balaban J connectivity index is 2.63. The monoisotopic (exact) mass is 608 g/mol. The zero-order valence-corrected chi connectivity index (χ0v) is 29.9. The number of hydrogen-bond donors (Lipinski definition) is 1. The summed E-state index contributed by atoms with van der Waals surface area (Å²) in [5.74, 6) is 0.305. The minimum atomic E-state index is -3.34. The van der Waals surface area contributed by atoms with Crippen LogP contribution in [-0.2, 0) is 25.2 Å². The molecular weight excluding hydrogens is 539 g/mol. The molecule has 0 aliphatic heterocycles. The van der Waals surface area contributed by atoms with Crippen LogP contribution < -0.4 is 0 Å². The first-order valence-electron chi connectivity index (χ1n) is 17.8. The van der Waals surface area contributed by atoms with E-state index >= 15 is 0 Å². The van der Waals surface area contributed by atoms with Crippen LogP contribution in [-0.4, -0.2) is 18.3 Å². The van der Waals surface area contributed by atoms with Gasteiger partial charge in [0.05, 0.1) is 19.4 Å². The van der Waals surface area contributed by atoms with Crippen LogP contribution in [0.4, 0.5) is 0 Å². The van der Waals surface area contributed by atoms with Crippen molar-refractivity contribution in [3.8, 4) is 5.75 Å². The lowest BCUT2D eigenvalue weighted by Crippen LogP contribution is -2.14. The van der Waals surface area contributed by atoms with Crippen LogP contribution in [0.5, 0.6) is 5.75 Å². The van der Waals surface area contributed by atoms with E-state index in [1.807, 2.05) is 19.9 Å². The molecule has 0 bridgehead atoms. The molecule has 0 spiro atoms. The second-order valence-corrected chi connectivity index (χ2v) is 15.8. The van der Waals surface area contributed by atoms with E-state index in [4.69, 9.17) is 9.05 Å². The Morgan fingerprint density at radius 2 is 1.00 bits per heavy atom. The molecule has 42 heavy (non-hydrogen) atoms. The average Bonchev–Trinajstić information content (AvgIpc) is 2.94. The zero-order chi connectivity index (χ0) is 31.3. The highest BCUT2D eigenvalue weighted by atomic mass is 31.2. The smallest absolute Gasteiger partial charge is 0.335 e. The summed E-state index contributed by atoms with van der Waals surface area (Å²) in [7, 11) is -3.34. The van der Waals surface area contributed by atoms with Gasteiger partial charge in [-0.25, -0.2) is 0 Å². The molecule has 0 heterocycles. The third kappa shape index (κ3) is 16.9. The second kappa shape index (κ2) is 22.6. The van der Waals surface area contributed by atoms with E-state index in [1.54, 1.807) is 0 Å². The van der Waals surface area contributed by atoms with E-state index in [9.17, 15) is 9.67 Å². The fourth-order valence-electron chi connectivity index (χ4n) is 5.74. The molecule has 0 radical (unpaired) electrons. The molecule has 1 aromatic rings. The molecule has 0 atom stereocenters. The predicted octanol–water partition coefficient (Wildman–Crippen LogP) is 12.9. The fraction of sp³-hybridized carbons (Fsp3) is 0.838. The molecule has 0 amide bonds. The number of phenolic OH excluding ortho intramolecular Hbond substituents is 1. The molecule has 1 aromatic carbocycles. The lowest BCUT2D eigenvalue weighted by atomic mass is 9.83. The largest absolute Gasteiger partial charge is 0.507 e. The van der Waals surface area contributed by atoms with Crippen molar-refractivity contribution < 1.29 is 18.7 Å². The standard InChI is InChI=1S/C37H69O4P/c1-8-10-12-14-16-18-20-22-24-26-28-40-42(39,41-29-27-25-23-21-19-17-15-13-11-9-2)31-34-32(3)30-35(37(5,6)7)36(38)33(34)4/h30,38H,8-29,31H2,1-7H3. The van der Waals surface area contributed by atoms with Crippen LogP contribution in [0.3, 0.4) is 0 Å². The van der Waals surface area contributed by atoms with Crippen LogP contribution in [0, 0.1) is 13.8 Å². The van der Waals surface area contributed by atoms with Crippen LogP contribution in [0.1, 0.15) is 185 Å². The topological polar surface area (TPSA) is 55.8 Å². The van der Waals surface area contributed by atoms with Gasteiger partial charge in [-0.3, -0.25) is 4.57 Å². The van der Waals surface area contributed by atoms with Crippen LogP contribution in [0.15, 0.2) is 6.07 Å². The number of aryl methyl sites for hydroxylation is 1. The van der Waals surface area contributed by atoms with Gasteiger partial charge < -0.3 is 14.2 Å². The van der Waals surface area contributed by atoms with Gasteiger partial charge in [0.25, 0.3) is 0 Å². The maximum atomic E-state index is 14.1. The third-order valence-corrected chi connectivity index (χ3v) is 10.5. The van der Waals surface area contributed by atoms with Gasteiger partial charge >= 0.3 is 7.60 Å². The van der Waals surface area contributed by atoms with Crippen molar-refractivity contribution in [2.45, 2.75) is 188 Å². The Morgan fingerprint density at radius 3 is 1.36 bits per heavy atom. The number of phenols is 1. The molecule has 5 heteroatoms. The summed E-state index contributed by atoms with van der Waals surface area (Å²) in [5, 5.41) is 11.0. The molecule has 0 aliphatic carbocycles. The van der Waals surface area contributed by atoms with Crippen molar-refractivity contribution in [2.24, 2.45) is 0 Å². The maximum Gasteiger partial charge on any atom is 0.335 e. The minimum absolute atomic E-state index is 0.167. The lowest BCUT2D eigenvalue weighted by Gasteiger charge is -2.26. The summed E-state index contributed by atoms with van der Waals surface area (Å²) < 4.78 is 26.3. The normalized spacial score (nSPS) is 12.4. The Labute approximate surface area is 261 Å². The summed E-state index contributed by atoms with van der Waals surface area (Å²) in [6, 6.07) is 2.05. The van der Waals surface area contributed by atoms with Crippen molar-refractivity contribution in [3.63, 3.8) is 0 Å². The van der Waals surface area contributed by atoms with Crippen molar-refractivity contribution in [2.75, 3.05) is 13.2 Å². The number of aromatic hydroxyl groups is 1. The minimum Gasteiger partial charge on any atom is -0.507 e. The van der Waals surface area contributed by atoms with Gasteiger partial charge in [-0.2, -0.15) is 0 Å². The van der Waals surface area contributed by atoms with E-state index in [1.165, 1.54) is 103 Å². The fourth-order valence-corrected chi connectivity index (χ4v) is 7.68. The Hall–Kier alpha value is -0.830. The summed E-state index contributed by atoms with van der Waals surface area (Å²) in [5.41, 5.74) is 3.49. The molecule has 246 valence electrons. The summed E-state index contributed by atoms with van der Waals surface area (Å²) in [6.45, 7) is 15.8. The van der Waals surface area contributed by atoms with Gasteiger partial charge in [0.2, 0.25) is 0 Å². The summed E-state index contributed by atoms with van der Waals surface area (Å²) in [6.07, 6.45) is 25.3. The number of unbranched alkanes of at least 4 members (excludes halogenated alkanes) is 18. The van der Waals surface area contributed by atoms with Gasteiger partial charge in [0.1, 0.15) is 5.75 Å². The molecule has 1 rings (SSSR count). The zero-order valence-electron chi connectivity index (χ0n) is 29.0. The Morgan fingerprint density at radius 1 is 0.643 bits per heavy atom. The highest BCUT2D eigenvalue weighted by Gasteiger charge is 2.29. The van der Waals surface area contributed by atoms with E-state index < -0.39 is 7.60 Å². The van der Waals surface area contributed by atoms with Gasteiger partial charge in [0, 0.05) is 0 Å². The third-order valence-electron chi connectivity index (χ3n) is 8.63. The lowest BCUT2D eigenvalue weighted by molar-refractivity contribution is 0.196. The van der Waals surface area contributed by atoms with Crippen molar-refractivity contribution in [1.29, 1.82) is 0 Å². The van der Waals surface area contributed by atoms with E-state index in [0.717, 1.165) is 47.9 Å². The first-order chi connectivity index (χ1) is 20.1. The van der Waals surface area contributed by atoms with Gasteiger partial charge in [-0.1, -0.05) is 156 Å². The van der Waals surface area contributed by atoms with Gasteiger partial charge in [-0.05, 0) is 54.4 Å². The maximum absolute atomic E-state index is 14.1. The quantitative estimate of drug-likeness (QED) is 0.0839. The first-order valence-corrected chi connectivity index (χ1v) is 19.5. The van der Waals surface area contributed by atoms with E-state index in [-0.39, 0.29) is 11.6 Å². The Kier molecular flexibility index (Phi) is 21.1. The number of hydrogen-bond acceptors (Lipinski definition) is 4. The summed E-state index contributed by atoms with van der Waals surface area (Å²) in [4.78, 5) is 0. The van der Waals surface area contributed by atoms with Crippen molar-refractivity contribution >= 4 is 7.60 Å². The summed E-state index contributed by atoms with van der Waals surface area (Å²) >= 11 is 0. The van der Waals surface area contributed by atoms with Crippen molar-refractivity contribution in [1.82, 2.24) is 0 Å². The highest BCUT2D eigenvalue weighted by molar-refractivity contribution is 7.53. The number of benzene rings is 1. The average molecular weight is 609 g/mol. The SMILES string of the molecule is CCCCCCCCCCCCOP(=O)(Cc1c(C)cc(C(C)(C)C)c(O)c1C)OCCCCCCCCCCCC.